The van der Waals surface area contributed by atoms with Crippen molar-refractivity contribution < 1.29 is 0 Å². The lowest BCUT2D eigenvalue weighted by molar-refractivity contribution is 1.31. The van der Waals surface area contributed by atoms with E-state index in [2.05, 4.69) is 120 Å². The average molecular weight is 510 g/mol. The van der Waals surface area contributed by atoms with Crippen LogP contribution >= 0.6 is 0 Å². The van der Waals surface area contributed by atoms with E-state index in [9.17, 15) is 0 Å². The third-order valence-corrected chi connectivity index (χ3v) is 7.74. The van der Waals surface area contributed by atoms with Crippen LogP contribution in [0.5, 0.6) is 0 Å². The molecule has 0 fully saturated rings. The molecule has 5 aromatic carbocycles. The van der Waals surface area contributed by atoms with Gasteiger partial charge >= 0.3 is 0 Å². The lowest BCUT2D eigenvalue weighted by atomic mass is 9.95. The van der Waals surface area contributed by atoms with Gasteiger partial charge in [0, 0.05) is 34.3 Å². The minimum Gasteiger partial charge on any atom is -0.265 e. The quantitative estimate of drug-likeness (QED) is 0.223. The zero-order chi connectivity index (χ0) is 26.5. The van der Waals surface area contributed by atoms with Crippen molar-refractivity contribution in [2.24, 2.45) is 0 Å². The fourth-order valence-electron chi connectivity index (χ4n) is 5.71. The van der Waals surface area contributed by atoms with Crippen molar-refractivity contribution >= 4 is 43.4 Å². The third-order valence-electron chi connectivity index (χ3n) is 7.74. The maximum atomic E-state index is 5.11. The molecule has 40 heavy (non-hydrogen) atoms. The molecule has 0 aliphatic carbocycles. The van der Waals surface area contributed by atoms with Crippen LogP contribution in [0.2, 0.25) is 0 Å². The number of pyridine rings is 3. The average Bonchev–Trinajstić information content (AvgIpc) is 3.03. The first kappa shape index (κ1) is 22.6. The molecule has 3 nitrogen and oxygen atoms in total. The highest BCUT2D eigenvalue weighted by Gasteiger charge is 2.11. The molecular weight excluding hydrogens is 486 g/mol. The summed E-state index contributed by atoms with van der Waals surface area (Å²) < 4.78 is 0. The van der Waals surface area contributed by atoms with Gasteiger partial charge in [0.25, 0.3) is 0 Å². The van der Waals surface area contributed by atoms with Gasteiger partial charge in [-0.05, 0) is 75.1 Å². The number of rotatable bonds is 3. The SMILES string of the molecule is c1ccc2c(c1)ccc1cccc(-c3ccc4cc(-c5ccc6ccc(-c7ccncc7)nc6c5)ccc4n3)c12. The van der Waals surface area contributed by atoms with Crippen LogP contribution in [0, 0.1) is 0 Å². The summed E-state index contributed by atoms with van der Waals surface area (Å²) in [6.07, 6.45) is 3.60. The Labute approximate surface area is 231 Å². The number of hydrogen-bond donors (Lipinski definition) is 0. The van der Waals surface area contributed by atoms with Gasteiger partial charge in [-0.1, -0.05) is 84.9 Å². The molecule has 0 atom stereocenters. The van der Waals surface area contributed by atoms with Crippen molar-refractivity contribution in [2.45, 2.75) is 0 Å². The Balaban J connectivity index is 1.21. The minimum absolute atomic E-state index is 0.948. The molecule has 0 spiro atoms. The number of hydrogen-bond acceptors (Lipinski definition) is 3. The number of aromatic nitrogens is 3. The Morgan fingerprint density at radius 2 is 1.10 bits per heavy atom. The maximum absolute atomic E-state index is 5.11. The molecule has 3 aromatic heterocycles. The van der Waals surface area contributed by atoms with Crippen LogP contribution in [0.4, 0.5) is 0 Å². The third kappa shape index (κ3) is 3.79. The smallest absolute Gasteiger partial charge is 0.0716 e. The first-order valence-electron chi connectivity index (χ1n) is 13.4. The maximum Gasteiger partial charge on any atom is 0.0716 e. The van der Waals surface area contributed by atoms with E-state index >= 15 is 0 Å². The predicted octanol–water partition coefficient (Wildman–Crippen LogP) is 9.49. The molecule has 186 valence electrons. The van der Waals surface area contributed by atoms with Gasteiger partial charge in [-0.15, -0.1) is 0 Å². The summed E-state index contributed by atoms with van der Waals surface area (Å²) in [5, 5.41) is 7.21. The summed E-state index contributed by atoms with van der Waals surface area (Å²) in [4.78, 5) is 14.2. The Morgan fingerprint density at radius 1 is 0.400 bits per heavy atom. The molecule has 3 heterocycles. The Kier molecular flexibility index (Phi) is 5.14. The molecule has 8 aromatic rings. The molecular formula is C37H23N3. The minimum atomic E-state index is 0.948. The van der Waals surface area contributed by atoms with Gasteiger partial charge in [-0.2, -0.15) is 0 Å². The van der Waals surface area contributed by atoms with E-state index in [1.54, 1.807) is 12.4 Å². The van der Waals surface area contributed by atoms with Crippen LogP contribution in [-0.2, 0) is 0 Å². The van der Waals surface area contributed by atoms with E-state index in [0.717, 1.165) is 55.4 Å². The molecule has 0 amide bonds. The Bertz CT molecular complexity index is 2220. The molecule has 0 bridgehead atoms. The normalized spacial score (nSPS) is 11.5. The van der Waals surface area contributed by atoms with Crippen molar-refractivity contribution in [1.29, 1.82) is 0 Å². The molecule has 0 unspecified atom stereocenters. The first-order chi connectivity index (χ1) is 19.8. The molecule has 0 aliphatic heterocycles. The molecule has 8 rings (SSSR count). The summed E-state index contributed by atoms with van der Waals surface area (Å²) in [7, 11) is 0. The van der Waals surface area contributed by atoms with Crippen LogP contribution in [0.3, 0.4) is 0 Å². The topological polar surface area (TPSA) is 38.7 Å². The highest BCUT2D eigenvalue weighted by Crippen LogP contribution is 2.35. The molecule has 0 saturated carbocycles. The van der Waals surface area contributed by atoms with Crippen LogP contribution in [0.1, 0.15) is 0 Å². The fraction of sp³-hybridized carbons (Fsp3) is 0. The summed E-state index contributed by atoms with van der Waals surface area (Å²) in [5.41, 5.74) is 8.40. The number of benzene rings is 5. The van der Waals surface area contributed by atoms with Crippen LogP contribution in [0.25, 0.3) is 77.0 Å². The van der Waals surface area contributed by atoms with Crippen molar-refractivity contribution in [2.75, 3.05) is 0 Å². The highest BCUT2D eigenvalue weighted by molar-refractivity contribution is 6.14. The molecule has 0 radical (unpaired) electrons. The van der Waals surface area contributed by atoms with E-state index in [1.165, 1.54) is 21.5 Å². The van der Waals surface area contributed by atoms with Crippen molar-refractivity contribution in [3.05, 3.63) is 140 Å². The highest BCUT2D eigenvalue weighted by atomic mass is 14.7. The predicted molar refractivity (Wildman–Crippen MR) is 166 cm³/mol. The van der Waals surface area contributed by atoms with E-state index < -0.39 is 0 Å². The van der Waals surface area contributed by atoms with Crippen LogP contribution in [0.15, 0.2) is 140 Å². The van der Waals surface area contributed by atoms with Gasteiger partial charge in [0.2, 0.25) is 0 Å². The molecule has 0 saturated heterocycles. The van der Waals surface area contributed by atoms with Gasteiger partial charge in [0.05, 0.1) is 22.4 Å². The van der Waals surface area contributed by atoms with Crippen LogP contribution in [-0.4, -0.2) is 15.0 Å². The Hall–Kier alpha value is -5.41. The van der Waals surface area contributed by atoms with E-state index in [4.69, 9.17) is 9.97 Å². The van der Waals surface area contributed by atoms with Gasteiger partial charge in [-0.25, -0.2) is 9.97 Å². The second-order valence-corrected chi connectivity index (χ2v) is 10.1. The largest absolute Gasteiger partial charge is 0.265 e. The Morgan fingerprint density at radius 3 is 2.05 bits per heavy atom. The van der Waals surface area contributed by atoms with Gasteiger partial charge in [0.15, 0.2) is 0 Å². The number of nitrogens with zero attached hydrogens (tertiary/aromatic N) is 3. The van der Waals surface area contributed by atoms with E-state index in [-0.39, 0.29) is 0 Å². The van der Waals surface area contributed by atoms with Gasteiger partial charge in [0.1, 0.15) is 0 Å². The second kappa shape index (κ2) is 9.11. The van der Waals surface area contributed by atoms with E-state index in [1.807, 2.05) is 12.1 Å². The monoisotopic (exact) mass is 509 g/mol. The van der Waals surface area contributed by atoms with E-state index in [0.29, 0.717) is 0 Å². The summed E-state index contributed by atoms with van der Waals surface area (Å²) in [6.45, 7) is 0. The summed E-state index contributed by atoms with van der Waals surface area (Å²) in [6, 6.07) is 44.9. The molecule has 3 heteroatoms. The molecule has 0 aliphatic rings. The van der Waals surface area contributed by atoms with Crippen molar-refractivity contribution in [3.63, 3.8) is 0 Å². The lowest BCUT2D eigenvalue weighted by Crippen LogP contribution is -1.89. The lowest BCUT2D eigenvalue weighted by Gasteiger charge is -2.11. The van der Waals surface area contributed by atoms with Gasteiger partial charge < -0.3 is 0 Å². The summed E-state index contributed by atoms with van der Waals surface area (Å²) >= 11 is 0. The van der Waals surface area contributed by atoms with Gasteiger partial charge in [-0.3, -0.25) is 4.98 Å². The standard InChI is InChI=1S/C37H23N3/c1-2-6-31-24(4-1)8-10-27-5-3-7-32(37(27)31)35-17-14-30-22-28(13-16-34(30)39-35)29-11-9-25-12-15-33(40-36(25)23-29)26-18-20-38-21-19-26/h1-23H. The first-order valence-corrected chi connectivity index (χ1v) is 13.4. The van der Waals surface area contributed by atoms with Crippen molar-refractivity contribution in [3.8, 4) is 33.6 Å². The zero-order valence-electron chi connectivity index (χ0n) is 21.6. The number of fused-ring (bicyclic) bond motifs is 5. The zero-order valence-corrected chi connectivity index (χ0v) is 21.6. The van der Waals surface area contributed by atoms with Crippen molar-refractivity contribution in [1.82, 2.24) is 15.0 Å². The van der Waals surface area contributed by atoms with Crippen LogP contribution < -0.4 is 0 Å². The second-order valence-electron chi connectivity index (χ2n) is 10.1. The summed E-state index contributed by atoms with van der Waals surface area (Å²) in [5.74, 6) is 0. The fourth-order valence-corrected chi connectivity index (χ4v) is 5.71. The molecule has 0 N–H and O–H groups in total.